The molecule has 0 bridgehead atoms. The Balaban J connectivity index is 1.73. The van der Waals surface area contributed by atoms with E-state index in [0.29, 0.717) is 41.8 Å². The number of rotatable bonds is 5. The van der Waals surface area contributed by atoms with Crippen LogP contribution in [-0.4, -0.2) is 38.1 Å². The molecule has 0 radical (unpaired) electrons. The van der Waals surface area contributed by atoms with Crippen LogP contribution in [0.1, 0.15) is 27.9 Å². The third-order valence-electron chi connectivity index (χ3n) is 4.11. The van der Waals surface area contributed by atoms with Gasteiger partial charge in [0.05, 0.1) is 18.2 Å². The molecule has 2 aromatic carbocycles. The van der Waals surface area contributed by atoms with Crippen LogP contribution >= 0.6 is 11.6 Å². The second-order valence-corrected chi connectivity index (χ2v) is 6.93. The predicted molar refractivity (Wildman–Crippen MR) is 102 cm³/mol. The van der Waals surface area contributed by atoms with Gasteiger partial charge in [-0.3, -0.25) is 4.79 Å². The van der Waals surface area contributed by atoms with E-state index in [0.717, 1.165) is 18.5 Å². The van der Waals surface area contributed by atoms with E-state index < -0.39 is 0 Å². The lowest BCUT2D eigenvalue weighted by atomic mass is 10.1. The van der Waals surface area contributed by atoms with Crippen LogP contribution in [0.5, 0.6) is 11.5 Å². The fourth-order valence-electron chi connectivity index (χ4n) is 2.86. The van der Waals surface area contributed by atoms with Crippen LogP contribution in [0.2, 0.25) is 5.02 Å². The first-order valence-corrected chi connectivity index (χ1v) is 9.01. The number of amides is 1. The van der Waals surface area contributed by atoms with Crippen LogP contribution in [0.4, 0.5) is 0 Å². The summed E-state index contributed by atoms with van der Waals surface area (Å²) in [5.41, 5.74) is 2.74. The van der Waals surface area contributed by atoms with E-state index in [-0.39, 0.29) is 5.91 Å². The van der Waals surface area contributed by atoms with Gasteiger partial charge in [0, 0.05) is 25.1 Å². The second-order valence-electron chi connectivity index (χ2n) is 6.52. The van der Waals surface area contributed by atoms with Crippen molar-refractivity contribution < 1.29 is 14.3 Å². The molecule has 0 saturated carbocycles. The molecule has 0 saturated heterocycles. The molecule has 3 rings (SSSR count). The monoisotopic (exact) mass is 374 g/mol. The minimum atomic E-state index is -0.192. The fraction of sp³-hybridized carbons (Fsp3) is 0.350. The summed E-state index contributed by atoms with van der Waals surface area (Å²) in [5.74, 6) is 0.840. The van der Waals surface area contributed by atoms with E-state index >= 15 is 0 Å². The van der Waals surface area contributed by atoms with E-state index in [4.69, 9.17) is 21.1 Å². The Morgan fingerprint density at radius 1 is 1.15 bits per heavy atom. The highest BCUT2D eigenvalue weighted by Crippen LogP contribution is 2.37. The van der Waals surface area contributed by atoms with Gasteiger partial charge < -0.3 is 19.7 Å². The molecule has 5 nitrogen and oxygen atoms in total. The molecule has 0 unspecified atom stereocenters. The van der Waals surface area contributed by atoms with E-state index in [1.807, 2.05) is 32.3 Å². The average Bonchev–Trinajstić information content (AvgIpc) is 2.86. The van der Waals surface area contributed by atoms with Gasteiger partial charge >= 0.3 is 0 Å². The van der Waals surface area contributed by atoms with Crippen molar-refractivity contribution in [2.45, 2.75) is 19.5 Å². The van der Waals surface area contributed by atoms with Crippen molar-refractivity contribution in [3.63, 3.8) is 0 Å². The molecule has 1 N–H and O–H groups in total. The first-order valence-electron chi connectivity index (χ1n) is 8.63. The van der Waals surface area contributed by atoms with E-state index in [9.17, 15) is 4.79 Å². The van der Waals surface area contributed by atoms with Gasteiger partial charge in [-0.2, -0.15) is 0 Å². The number of halogens is 1. The van der Waals surface area contributed by atoms with Crippen molar-refractivity contribution in [1.82, 2.24) is 10.2 Å². The highest BCUT2D eigenvalue weighted by atomic mass is 35.5. The lowest BCUT2D eigenvalue weighted by molar-refractivity contribution is 0.0950. The molecule has 26 heavy (non-hydrogen) atoms. The molecule has 0 fully saturated rings. The maximum absolute atomic E-state index is 12.6. The maximum Gasteiger partial charge on any atom is 0.251 e. The Morgan fingerprint density at radius 2 is 1.88 bits per heavy atom. The summed E-state index contributed by atoms with van der Waals surface area (Å²) in [6.45, 7) is 2.38. The van der Waals surface area contributed by atoms with E-state index in [2.05, 4.69) is 16.3 Å². The number of hydrogen-bond donors (Lipinski definition) is 1. The molecule has 1 aliphatic heterocycles. The number of nitrogens with one attached hydrogen (secondary N) is 1. The first kappa shape index (κ1) is 18.5. The summed E-state index contributed by atoms with van der Waals surface area (Å²) in [5, 5.41) is 3.36. The number of hydrogen-bond acceptors (Lipinski definition) is 4. The summed E-state index contributed by atoms with van der Waals surface area (Å²) in [7, 11) is 4.05. The summed E-state index contributed by atoms with van der Waals surface area (Å²) >= 11 is 6.27. The molecule has 1 heterocycles. The largest absolute Gasteiger partial charge is 0.489 e. The van der Waals surface area contributed by atoms with Gasteiger partial charge in [0.2, 0.25) is 0 Å². The highest BCUT2D eigenvalue weighted by molar-refractivity contribution is 6.32. The van der Waals surface area contributed by atoms with Gasteiger partial charge in [-0.05, 0) is 37.4 Å². The zero-order chi connectivity index (χ0) is 18.5. The van der Waals surface area contributed by atoms with Crippen molar-refractivity contribution >= 4 is 17.5 Å². The predicted octanol–water partition coefficient (Wildman–Crippen LogP) is 3.49. The minimum Gasteiger partial charge on any atom is -0.489 e. The molecule has 0 aliphatic carbocycles. The first-order chi connectivity index (χ1) is 12.5. The lowest BCUT2D eigenvalue weighted by Crippen LogP contribution is -2.24. The molecule has 1 aliphatic rings. The molecule has 1 amide bonds. The van der Waals surface area contributed by atoms with E-state index in [1.165, 1.54) is 5.56 Å². The lowest BCUT2D eigenvalue weighted by Gasteiger charge is -2.15. The number of carbonyl (C=O) groups excluding carboxylic acids is 1. The minimum absolute atomic E-state index is 0.192. The zero-order valence-corrected chi connectivity index (χ0v) is 15.8. The van der Waals surface area contributed by atoms with Gasteiger partial charge in [0.25, 0.3) is 5.91 Å². The summed E-state index contributed by atoms with van der Waals surface area (Å²) in [4.78, 5) is 14.7. The van der Waals surface area contributed by atoms with Crippen molar-refractivity contribution in [2.24, 2.45) is 0 Å². The standard InChI is InChI=1S/C20H23ClN2O3/c1-23(2)13-15-7-4-3-6-14(15)12-22-20(24)16-10-17(21)19-18(11-16)25-8-5-9-26-19/h3-4,6-7,10-11H,5,8-9,12-13H2,1-2H3,(H,22,24). The van der Waals surface area contributed by atoms with Gasteiger partial charge in [-0.1, -0.05) is 35.9 Å². The molecule has 0 aromatic heterocycles. The van der Waals surface area contributed by atoms with Crippen LogP contribution in [0, 0.1) is 0 Å². The number of benzene rings is 2. The normalized spacial score (nSPS) is 13.4. The summed E-state index contributed by atoms with van der Waals surface area (Å²) in [6.07, 6.45) is 0.787. The van der Waals surface area contributed by atoms with Crippen molar-refractivity contribution in [3.05, 3.63) is 58.1 Å². The van der Waals surface area contributed by atoms with Crippen molar-refractivity contribution in [3.8, 4) is 11.5 Å². The molecular weight excluding hydrogens is 352 g/mol. The Kier molecular flexibility index (Phi) is 6.01. The molecule has 6 heteroatoms. The highest BCUT2D eigenvalue weighted by Gasteiger charge is 2.18. The van der Waals surface area contributed by atoms with Crippen molar-refractivity contribution in [1.29, 1.82) is 0 Å². The maximum atomic E-state index is 12.6. The van der Waals surface area contributed by atoms with Crippen LogP contribution in [0.25, 0.3) is 0 Å². The topological polar surface area (TPSA) is 50.8 Å². The van der Waals surface area contributed by atoms with Gasteiger partial charge in [-0.15, -0.1) is 0 Å². The second kappa shape index (κ2) is 8.43. The SMILES string of the molecule is CN(C)Cc1ccccc1CNC(=O)c1cc(Cl)c2c(c1)OCCCO2. The molecule has 0 spiro atoms. The third-order valence-corrected chi connectivity index (χ3v) is 4.39. The number of ether oxygens (including phenoxy) is 2. The quantitative estimate of drug-likeness (QED) is 0.870. The molecule has 2 aromatic rings. The van der Waals surface area contributed by atoms with Crippen LogP contribution in [0.15, 0.2) is 36.4 Å². The average molecular weight is 375 g/mol. The number of fused-ring (bicyclic) bond motifs is 1. The van der Waals surface area contributed by atoms with Gasteiger partial charge in [0.15, 0.2) is 11.5 Å². The zero-order valence-electron chi connectivity index (χ0n) is 15.0. The summed E-state index contributed by atoms with van der Waals surface area (Å²) in [6, 6.07) is 11.4. The molecule has 0 atom stereocenters. The van der Waals surface area contributed by atoms with E-state index in [1.54, 1.807) is 12.1 Å². The Bertz CT molecular complexity index is 793. The van der Waals surface area contributed by atoms with Gasteiger partial charge in [0.1, 0.15) is 0 Å². The number of nitrogens with zero attached hydrogens (tertiary/aromatic N) is 1. The van der Waals surface area contributed by atoms with Crippen LogP contribution < -0.4 is 14.8 Å². The Labute approximate surface area is 158 Å². The summed E-state index contributed by atoms with van der Waals surface area (Å²) < 4.78 is 11.3. The smallest absolute Gasteiger partial charge is 0.251 e. The van der Waals surface area contributed by atoms with Crippen LogP contribution in [-0.2, 0) is 13.1 Å². The fourth-order valence-corrected chi connectivity index (χ4v) is 3.13. The van der Waals surface area contributed by atoms with Gasteiger partial charge in [-0.25, -0.2) is 0 Å². The third kappa shape index (κ3) is 4.48. The van der Waals surface area contributed by atoms with Crippen LogP contribution in [0.3, 0.4) is 0 Å². The Hall–Kier alpha value is -2.24. The van der Waals surface area contributed by atoms with Crippen molar-refractivity contribution in [2.75, 3.05) is 27.3 Å². The molecule has 138 valence electrons. The Morgan fingerprint density at radius 3 is 2.65 bits per heavy atom. The molecular formula is C20H23ClN2O3. The number of carbonyl (C=O) groups is 1.